The Labute approximate surface area is 184 Å². The van der Waals surface area contributed by atoms with Gasteiger partial charge in [-0.3, -0.25) is 9.59 Å². The fraction of sp³-hybridized carbons (Fsp3) is 0.500. The van der Waals surface area contributed by atoms with Crippen molar-refractivity contribution in [2.75, 3.05) is 26.7 Å². The van der Waals surface area contributed by atoms with Crippen molar-refractivity contribution in [1.82, 2.24) is 19.8 Å². The van der Waals surface area contributed by atoms with Crippen molar-refractivity contribution in [3.05, 3.63) is 47.5 Å². The number of alkyl halides is 2. The highest BCUT2D eigenvalue weighted by Gasteiger charge is 2.32. The van der Waals surface area contributed by atoms with Gasteiger partial charge in [-0.2, -0.15) is 0 Å². The molecule has 1 atom stereocenters. The zero-order chi connectivity index (χ0) is 22.7. The summed E-state index contributed by atoms with van der Waals surface area (Å²) in [5.41, 5.74) is 2.11. The van der Waals surface area contributed by atoms with Gasteiger partial charge in [-0.15, -0.1) is 0 Å². The molecule has 1 fully saturated rings. The molecule has 0 bridgehead atoms. The largest absolute Gasteiger partial charge is 0.497 e. The van der Waals surface area contributed by atoms with Crippen LogP contribution in [0.4, 0.5) is 8.78 Å². The fourth-order valence-electron chi connectivity index (χ4n) is 4.14. The number of fused-ring (bicyclic) bond motifs is 1. The predicted octanol–water partition coefficient (Wildman–Crippen LogP) is 2.40. The van der Waals surface area contributed by atoms with E-state index in [1.54, 1.807) is 18.3 Å². The van der Waals surface area contributed by atoms with Crippen LogP contribution >= 0.6 is 0 Å². The summed E-state index contributed by atoms with van der Waals surface area (Å²) in [6.07, 6.45) is -0.182. The van der Waals surface area contributed by atoms with E-state index in [1.165, 1.54) is 0 Å². The molecule has 32 heavy (non-hydrogen) atoms. The minimum absolute atomic E-state index is 0.145. The number of imidazole rings is 1. The molecule has 0 spiro atoms. The van der Waals surface area contributed by atoms with Crippen LogP contribution in [0.3, 0.4) is 0 Å². The van der Waals surface area contributed by atoms with E-state index in [4.69, 9.17) is 9.47 Å². The maximum atomic E-state index is 13.0. The second kappa shape index (κ2) is 9.64. The Bertz CT molecular complexity index is 955. The van der Waals surface area contributed by atoms with E-state index in [9.17, 15) is 18.4 Å². The maximum absolute atomic E-state index is 13.0. The third-order valence-electron chi connectivity index (χ3n) is 6.00. The molecule has 1 saturated heterocycles. The molecule has 1 N–H and O–H groups in total. The first-order chi connectivity index (χ1) is 15.5. The van der Waals surface area contributed by atoms with Crippen LogP contribution in [0.5, 0.6) is 5.75 Å². The van der Waals surface area contributed by atoms with Crippen LogP contribution in [0.1, 0.15) is 40.7 Å². The molecular formula is C22H26F2N4O4. The number of carbonyl (C=O) groups excluding carboxylic acids is 2. The highest BCUT2D eigenvalue weighted by Crippen LogP contribution is 2.29. The third-order valence-corrected chi connectivity index (χ3v) is 6.00. The van der Waals surface area contributed by atoms with Gasteiger partial charge in [-0.05, 0) is 30.5 Å². The zero-order valence-corrected chi connectivity index (χ0v) is 17.8. The van der Waals surface area contributed by atoms with E-state index in [0.717, 1.165) is 17.0 Å². The molecule has 0 saturated carbocycles. The molecule has 10 heteroatoms. The van der Waals surface area contributed by atoms with Gasteiger partial charge in [0.25, 0.3) is 12.3 Å². The SMILES string of the molecule is COc1ccc([C@@H]2Cn3cnc(C(=O)N4CCC(C(=O)NCC(F)F)CC4)c3CO2)cc1. The minimum Gasteiger partial charge on any atom is -0.497 e. The smallest absolute Gasteiger partial charge is 0.274 e. The summed E-state index contributed by atoms with van der Waals surface area (Å²) in [5, 5.41) is 2.26. The molecule has 0 aliphatic carbocycles. The molecular weight excluding hydrogens is 422 g/mol. The van der Waals surface area contributed by atoms with Gasteiger partial charge < -0.3 is 24.3 Å². The van der Waals surface area contributed by atoms with E-state index < -0.39 is 13.0 Å². The average molecular weight is 448 g/mol. The number of benzene rings is 1. The second-order valence-electron chi connectivity index (χ2n) is 7.97. The van der Waals surface area contributed by atoms with Crippen LogP contribution in [-0.2, 0) is 22.7 Å². The van der Waals surface area contributed by atoms with Crippen molar-refractivity contribution in [3.8, 4) is 5.75 Å². The molecule has 4 rings (SSSR count). The summed E-state index contributed by atoms with van der Waals surface area (Å²) in [6.45, 7) is 0.940. The summed E-state index contributed by atoms with van der Waals surface area (Å²) in [7, 11) is 1.62. The van der Waals surface area contributed by atoms with Gasteiger partial charge in [0.2, 0.25) is 5.91 Å². The first kappa shape index (κ1) is 22.2. The number of ether oxygens (including phenoxy) is 2. The predicted molar refractivity (Wildman–Crippen MR) is 110 cm³/mol. The van der Waals surface area contributed by atoms with E-state index in [2.05, 4.69) is 10.3 Å². The number of piperidine rings is 1. The number of nitrogens with one attached hydrogen (secondary N) is 1. The van der Waals surface area contributed by atoms with Crippen molar-refractivity contribution in [1.29, 1.82) is 0 Å². The number of rotatable bonds is 6. The van der Waals surface area contributed by atoms with Crippen LogP contribution < -0.4 is 10.1 Å². The first-order valence-corrected chi connectivity index (χ1v) is 10.6. The Balaban J connectivity index is 1.35. The first-order valence-electron chi connectivity index (χ1n) is 10.6. The topological polar surface area (TPSA) is 85.7 Å². The van der Waals surface area contributed by atoms with Gasteiger partial charge in [0.15, 0.2) is 5.69 Å². The number of nitrogens with zero attached hydrogens (tertiary/aromatic N) is 3. The van der Waals surface area contributed by atoms with Crippen molar-refractivity contribution in [2.45, 2.75) is 38.5 Å². The number of methoxy groups -OCH3 is 1. The average Bonchev–Trinajstić information content (AvgIpc) is 3.25. The summed E-state index contributed by atoms with van der Waals surface area (Å²) < 4.78 is 37.7. The minimum atomic E-state index is -2.57. The Morgan fingerprint density at radius 2 is 1.97 bits per heavy atom. The molecule has 172 valence electrons. The zero-order valence-electron chi connectivity index (χ0n) is 17.8. The fourth-order valence-corrected chi connectivity index (χ4v) is 4.14. The third kappa shape index (κ3) is 4.74. The molecule has 1 aromatic heterocycles. The van der Waals surface area contributed by atoms with Gasteiger partial charge >= 0.3 is 0 Å². The molecule has 8 nitrogen and oxygen atoms in total. The highest BCUT2D eigenvalue weighted by molar-refractivity contribution is 5.93. The molecule has 1 aromatic carbocycles. The Kier molecular flexibility index (Phi) is 6.69. The lowest BCUT2D eigenvalue weighted by atomic mass is 9.95. The summed E-state index contributed by atoms with van der Waals surface area (Å²) in [5.74, 6) is -0.162. The van der Waals surface area contributed by atoms with Crippen molar-refractivity contribution >= 4 is 11.8 Å². The van der Waals surface area contributed by atoms with Crippen LogP contribution in [-0.4, -0.2) is 59.4 Å². The summed E-state index contributed by atoms with van der Waals surface area (Å²) in [6, 6.07) is 7.68. The second-order valence-corrected chi connectivity index (χ2v) is 7.97. The lowest BCUT2D eigenvalue weighted by Gasteiger charge is -2.31. The van der Waals surface area contributed by atoms with Crippen molar-refractivity contribution < 1.29 is 27.8 Å². The number of likely N-dealkylation sites (tertiary alicyclic amines) is 1. The van der Waals surface area contributed by atoms with Crippen molar-refractivity contribution in [3.63, 3.8) is 0 Å². The number of hydrogen-bond acceptors (Lipinski definition) is 5. The van der Waals surface area contributed by atoms with E-state index in [-0.39, 0.29) is 30.4 Å². The quantitative estimate of drug-likeness (QED) is 0.734. The van der Waals surface area contributed by atoms with Crippen LogP contribution in [0.2, 0.25) is 0 Å². The van der Waals surface area contributed by atoms with E-state index in [0.29, 0.717) is 38.2 Å². The Hall–Kier alpha value is -3.01. The number of amides is 2. The van der Waals surface area contributed by atoms with Gasteiger partial charge in [0, 0.05) is 19.0 Å². The standard InChI is InChI=1S/C22H26F2N4O4/c1-31-16-4-2-14(3-5-16)18-11-28-13-26-20(17(28)12-32-18)22(30)27-8-6-15(7-9-27)21(29)25-10-19(23)24/h2-5,13,15,18-19H,6-12H2,1H3,(H,25,29)/t18-/m0/s1. The monoisotopic (exact) mass is 448 g/mol. The molecule has 2 aliphatic heterocycles. The maximum Gasteiger partial charge on any atom is 0.274 e. The number of halogens is 2. The number of hydrogen-bond donors (Lipinski definition) is 1. The molecule has 2 aromatic rings. The molecule has 2 aliphatic rings. The Morgan fingerprint density at radius 1 is 1.25 bits per heavy atom. The Morgan fingerprint density at radius 3 is 2.62 bits per heavy atom. The summed E-state index contributed by atoms with van der Waals surface area (Å²) in [4.78, 5) is 31.0. The lowest BCUT2D eigenvalue weighted by molar-refractivity contribution is -0.126. The van der Waals surface area contributed by atoms with Crippen LogP contribution in [0, 0.1) is 5.92 Å². The number of carbonyl (C=O) groups is 2. The molecule has 0 radical (unpaired) electrons. The molecule has 2 amide bonds. The normalized spacial score (nSPS) is 19.0. The highest BCUT2D eigenvalue weighted by atomic mass is 19.3. The van der Waals surface area contributed by atoms with Gasteiger partial charge in [-0.25, -0.2) is 13.8 Å². The van der Waals surface area contributed by atoms with Gasteiger partial charge in [-0.1, -0.05) is 12.1 Å². The van der Waals surface area contributed by atoms with Crippen LogP contribution in [0.15, 0.2) is 30.6 Å². The van der Waals surface area contributed by atoms with Crippen molar-refractivity contribution in [2.24, 2.45) is 5.92 Å². The van der Waals surface area contributed by atoms with Crippen LogP contribution in [0.25, 0.3) is 0 Å². The van der Waals surface area contributed by atoms with E-state index in [1.807, 2.05) is 28.8 Å². The van der Waals surface area contributed by atoms with Gasteiger partial charge in [0.1, 0.15) is 11.9 Å². The molecule has 3 heterocycles. The van der Waals surface area contributed by atoms with E-state index >= 15 is 0 Å². The lowest BCUT2D eigenvalue weighted by Crippen LogP contribution is -2.44. The van der Waals surface area contributed by atoms with Gasteiger partial charge in [0.05, 0.1) is 38.8 Å². The summed E-state index contributed by atoms with van der Waals surface area (Å²) >= 11 is 0. The number of aromatic nitrogens is 2. The molecule has 0 unspecified atom stereocenters.